The maximum atomic E-state index is 10.2. The van der Waals surface area contributed by atoms with Crippen LogP contribution >= 0.6 is 23.2 Å². The highest BCUT2D eigenvalue weighted by Crippen LogP contribution is 2.33. The molecule has 1 heterocycles. The Kier molecular flexibility index (Phi) is 4.86. The predicted octanol–water partition coefficient (Wildman–Crippen LogP) is 5.59. The van der Waals surface area contributed by atoms with E-state index in [0.29, 0.717) is 32.6 Å². The van der Waals surface area contributed by atoms with E-state index in [1.807, 2.05) is 0 Å². The Labute approximate surface area is 170 Å². The van der Waals surface area contributed by atoms with Crippen LogP contribution in [0.5, 0.6) is 11.5 Å². The third-order valence-corrected chi connectivity index (χ3v) is 4.48. The molecule has 0 fully saturated rings. The lowest BCUT2D eigenvalue weighted by Gasteiger charge is -2.10. The van der Waals surface area contributed by atoms with Gasteiger partial charge in [0.25, 0.3) is 0 Å². The highest BCUT2D eigenvalue weighted by molar-refractivity contribution is 6.35. The molecule has 0 radical (unpaired) electrons. The molecule has 0 saturated carbocycles. The fraction of sp³-hybridized carbons (Fsp3) is 0. The van der Waals surface area contributed by atoms with Gasteiger partial charge >= 0.3 is 0 Å². The van der Waals surface area contributed by atoms with Crippen LogP contribution in [-0.2, 0) is 0 Å². The largest absolute Gasteiger partial charge is 0.507 e. The van der Waals surface area contributed by atoms with Gasteiger partial charge in [0.05, 0.1) is 11.1 Å². The van der Waals surface area contributed by atoms with Crippen LogP contribution in [0.25, 0.3) is 34.2 Å². The lowest BCUT2D eigenvalue weighted by Crippen LogP contribution is -2.00. The summed E-state index contributed by atoms with van der Waals surface area (Å²) in [5.74, 6) is 0.907. The van der Waals surface area contributed by atoms with Crippen molar-refractivity contribution in [1.29, 1.82) is 0 Å². The van der Waals surface area contributed by atoms with Crippen molar-refractivity contribution >= 4 is 23.2 Å². The molecule has 0 saturated heterocycles. The van der Waals surface area contributed by atoms with Gasteiger partial charge in [-0.15, -0.1) is 0 Å². The number of halogens is 2. The first kappa shape index (κ1) is 18.2. The number of aromatic nitrogens is 3. The molecule has 2 N–H and O–H groups in total. The molecule has 1 aromatic heterocycles. The Morgan fingerprint density at radius 3 is 1.46 bits per heavy atom. The maximum absolute atomic E-state index is 10.2. The van der Waals surface area contributed by atoms with E-state index in [1.54, 1.807) is 66.7 Å². The summed E-state index contributed by atoms with van der Waals surface area (Å²) in [4.78, 5) is 13.4. The Balaban J connectivity index is 1.99. The number of para-hydroxylation sites is 2. The molecule has 3 aromatic carbocycles. The summed E-state index contributed by atoms with van der Waals surface area (Å²) in [6, 6.07) is 18.5. The topological polar surface area (TPSA) is 79.1 Å². The minimum atomic E-state index is 0.0343. The molecule has 0 amide bonds. The van der Waals surface area contributed by atoms with Crippen LogP contribution in [0, 0.1) is 0 Å². The summed E-state index contributed by atoms with van der Waals surface area (Å²) in [6.45, 7) is 0. The van der Waals surface area contributed by atoms with Crippen molar-refractivity contribution in [3.8, 4) is 45.7 Å². The minimum absolute atomic E-state index is 0.0343. The standard InChI is InChI=1S/C21H13Cl2N3O2/c22-13-9-12(10-14(23)11-13)19-24-20(15-5-1-3-7-17(15)27)26-21(25-19)16-6-2-4-8-18(16)28/h1-11,27-28H. The van der Waals surface area contributed by atoms with Crippen molar-refractivity contribution in [2.24, 2.45) is 0 Å². The zero-order chi connectivity index (χ0) is 19.7. The SMILES string of the molecule is Oc1ccccc1-c1nc(-c2cc(Cl)cc(Cl)c2)nc(-c2ccccc2O)n1. The Morgan fingerprint density at radius 2 is 1.00 bits per heavy atom. The smallest absolute Gasteiger partial charge is 0.167 e. The van der Waals surface area contributed by atoms with Gasteiger partial charge in [0.15, 0.2) is 17.5 Å². The number of rotatable bonds is 3. The van der Waals surface area contributed by atoms with E-state index in [9.17, 15) is 10.2 Å². The van der Waals surface area contributed by atoms with E-state index in [0.717, 1.165) is 0 Å². The molecule has 138 valence electrons. The van der Waals surface area contributed by atoms with E-state index in [4.69, 9.17) is 23.2 Å². The lowest BCUT2D eigenvalue weighted by molar-refractivity contribution is 0.477. The second kappa shape index (κ2) is 7.46. The van der Waals surface area contributed by atoms with E-state index in [1.165, 1.54) is 0 Å². The second-order valence-electron chi connectivity index (χ2n) is 6.00. The van der Waals surface area contributed by atoms with Gasteiger partial charge in [0.2, 0.25) is 0 Å². The molecule has 28 heavy (non-hydrogen) atoms. The van der Waals surface area contributed by atoms with Gasteiger partial charge < -0.3 is 10.2 Å². The van der Waals surface area contributed by atoms with Crippen LogP contribution in [0.3, 0.4) is 0 Å². The summed E-state index contributed by atoms with van der Waals surface area (Å²) >= 11 is 12.3. The Bertz CT molecular complexity index is 1100. The van der Waals surface area contributed by atoms with E-state index in [2.05, 4.69) is 15.0 Å². The van der Waals surface area contributed by atoms with Gasteiger partial charge in [0, 0.05) is 15.6 Å². The number of benzene rings is 3. The monoisotopic (exact) mass is 409 g/mol. The number of nitrogens with zero attached hydrogens (tertiary/aromatic N) is 3. The molecular formula is C21H13Cl2N3O2. The third kappa shape index (κ3) is 3.63. The van der Waals surface area contributed by atoms with Crippen molar-refractivity contribution in [1.82, 2.24) is 15.0 Å². The molecule has 0 atom stereocenters. The van der Waals surface area contributed by atoms with Crippen molar-refractivity contribution < 1.29 is 10.2 Å². The number of hydrogen-bond donors (Lipinski definition) is 2. The van der Waals surface area contributed by atoms with E-state index < -0.39 is 0 Å². The summed E-state index contributed by atoms with van der Waals surface area (Å²) < 4.78 is 0. The zero-order valence-electron chi connectivity index (χ0n) is 14.3. The molecule has 0 unspecified atom stereocenters. The van der Waals surface area contributed by atoms with Gasteiger partial charge in [-0.05, 0) is 42.5 Å². The first-order valence-corrected chi connectivity index (χ1v) is 9.06. The first-order chi connectivity index (χ1) is 13.5. The third-order valence-electron chi connectivity index (χ3n) is 4.05. The lowest BCUT2D eigenvalue weighted by atomic mass is 10.1. The van der Waals surface area contributed by atoms with Crippen LogP contribution in [0.4, 0.5) is 0 Å². The molecule has 4 aromatic rings. The molecule has 5 nitrogen and oxygen atoms in total. The molecular weight excluding hydrogens is 397 g/mol. The summed E-state index contributed by atoms with van der Waals surface area (Å²) in [7, 11) is 0. The number of aromatic hydroxyl groups is 2. The normalized spacial score (nSPS) is 10.8. The number of phenolic OH excluding ortho intramolecular Hbond substituents is 2. The van der Waals surface area contributed by atoms with Gasteiger partial charge in [0.1, 0.15) is 11.5 Å². The summed E-state index contributed by atoms with van der Waals surface area (Å²) in [6.07, 6.45) is 0. The highest BCUT2D eigenvalue weighted by atomic mass is 35.5. The Hall–Kier alpha value is -3.15. The van der Waals surface area contributed by atoms with Crippen LogP contribution in [0.15, 0.2) is 66.7 Å². The summed E-state index contributed by atoms with van der Waals surface area (Å²) in [5.41, 5.74) is 1.47. The quantitative estimate of drug-likeness (QED) is 0.460. The van der Waals surface area contributed by atoms with Crippen LogP contribution in [0.2, 0.25) is 10.0 Å². The number of hydrogen-bond acceptors (Lipinski definition) is 5. The fourth-order valence-electron chi connectivity index (χ4n) is 2.75. The van der Waals surface area contributed by atoms with Crippen molar-refractivity contribution in [2.45, 2.75) is 0 Å². The fourth-order valence-corrected chi connectivity index (χ4v) is 3.28. The van der Waals surface area contributed by atoms with E-state index >= 15 is 0 Å². The van der Waals surface area contributed by atoms with Crippen molar-refractivity contribution in [3.05, 3.63) is 76.8 Å². The molecule has 0 bridgehead atoms. The molecule has 4 rings (SSSR count). The van der Waals surface area contributed by atoms with Crippen LogP contribution < -0.4 is 0 Å². The van der Waals surface area contributed by atoms with Crippen molar-refractivity contribution in [3.63, 3.8) is 0 Å². The molecule has 0 aliphatic carbocycles. The zero-order valence-corrected chi connectivity index (χ0v) is 15.9. The average Bonchev–Trinajstić information content (AvgIpc) is 2.67. The van der Waals surface area contributed by atoms with Crippen LogP contribution in [-0.4, -0.2) is 25.2 Å². The molecule has 0 aliphatic heterocycles. The van der Waals surface area contributed by atoms with Crippen LogP contribution in [0.1, 0.15) is 0 Å². The second-order valence-corrected chi connectivity index (χ2v) is 6.87. The number of phenols is 2. The van der Waals surface area contributed by atoms with Gasteiger partial charge in [-0.3, -0.25) is 0 Å². The first-order valence-electron chi connectivity index (χ1n) is 8.30. The minimum Gasteiger partial charge on any atom is -0.507 e. The van der Waals surface area contributed by atoms with Gasteiger partial charge in [-0.2, -0.15) is 0 Å². The van der Waals surface area contributed by atoms with E-state index in [-0.39, 0.29) is 23.1 Å². The average molecular weight is 410 g/mol. The molecule has 0 spiro atoms. The van der Waals surface area contributed by atoms with Gasteiger partial charge in [-0.1, -0.05) is 47.5 Å². The highest BCUT2D eigenvalue weighted by Gasteiger charge is 2.16. The predicted molar refractivity (Wildman–Crippen MR) is 109 cm³/mol. The Morgan fingerprint density at radius 1 is 0.571 bits per heavy atom. The van der Waals surface area contributed by atoms with Crippen molar-refractivity contribution in [2.75, 3.05) is 0 Å². The summed E-state index contributed by atoms with van der Waals surface area (Å²) in [5, 5.41) is 21.4. The van der Waals surface area contributed by atoms with Gasteiger partial charge in [-0.25, -0.2) is 15.0 Å². The molecule has 0 aliphatic rings. The maximum Gasteiger partial charge on any atom is 0.167 e. The molecule has 7 heteroatoms.